The van der Waals surface area contributed by atoms with Gasteiger partial charge >= 0.3 is 0 Å². The Balaban J connectivity index is 3.52. The summed E-state index contributed by atoms with van der Waals surface area (Å²) in [7, 11) is 1.59. The molecule has 0 aromatic heterocycles. The molecule has 17 heavy (non-hydrogen) atoms. The van der Waals surface area contributed by atoms with Crippen LogP contribution in [0, 0.1) is 6.92 Å². The number of carbonyl (C=O) groups excluding carboxylic acids is 1. The van der Waals surface area contributed by atoms with Crippen LogP contribution in [-0.2, 0) is 5.41 Å². The first-order valence-corrected chi connectivity index (χ1v) is 6.13. The Morgan fingerprint density at radius 1 is 1.35 bits per heavy atom. The van der Waals surface area contributed by atoms with Crippen LogP contribution in [0.1, 0.15) is 42.3 Å². The summed E-state index contributed by atoms with van der Waals surface area (Å²) in [6.07, 6.45) is 0. The van der Waals surface area contributed by atoms with E-state index in [1.807, 2.05) is 13.0 Å². The van der Waals surface area contributed by atoms with Gasteiger partial charge in [0, 0.05) is 5.56 Å². The number of ketones is 1. The van der Waals surface area contributed by atoms with E-state index in [0.29, 0.717) is 11.3 Å². The predicted molar refractivity (Wildman–Crippen MR) is 71.5 cm³/mol. The number of hydrogen-bond acceptors (Lipinski definition) is 2. The van der Waals surface area contributed by atoms with Crippen LogP contribution in [0.2, 0.25) is 0 Å². The number of halogens is 1. The van der Waals surface area contributed by atoms with E-state index in [0.717, 1.165) is 11.1 Å². The molecule has 0 unspecified atom stereocenters. The van der Waals surface area contributed by atoms with Crippen molar-refractivity contribution < 1.29 is 9.53 Å². The second-order valence-corrected chi connectivity index (χ2v) is 5.47. The van der Waals surface area contributed by atoms with Gasteiger partial charge in [0.15, 0.2) is 5.78 Å². The molecule has 0 spiro atoms. The Kier molecular flexibility index (Phi) is 4.21. The summed E-state index contributed by atoms with van der Waals surface area (Å²) in [6.45, 7) is 8.26. The average Bonchev–Trinajstić information content (AvgIpc) is 2.25. The van der Waals surface area contributed by atoms with E-state index in [2.05, 4.69) is 26.8 Å². The maximum Gasteiger partial charge on any atom is 0.181 e. The van der Waals surface area contributed by atoms with Gasteiger partial charge in [-0.1, -0.05) is 26.8 Å². The highest BCUT2D eigenvalue weighted by atomic mass is 35.5. The van der Waals surface area contributed by atoms with E-state index < -0.39 is 0 Å². The Bertz CT molecular complexity index is 431. The SMILES string of the molecule is COc1c(C(=O)CCl)cc(C)cc1C(C)(C)C. The van der Waals surface area contributed by atoms with Crippen LogP contribution in [0.5, 0.6) is 5.75 Å². The van der Waals surface area contributed by atoms with Crippen molar-refractivity contribution in [2.24, 2.45) is 0 Å². The van der Waals surface area contributed by atoms with Crippen molar-refractivity contribution in [1.82, 2.24) is 0 Å². The summed E-state index contributed by atoms with van der Waals surface area (Å²) in [4.78, 5) is 11.8. The molecule has 0 aliphatic rings. The van der Waals surface area contributed by atoms with Crippen molar-refractivity contribution in [2.45, 2.75) is 33.1 Å². The molecule has 0 N–H and O–H groups in total. The normalized spacial score (nSPS) is 11.4. The number of ether oxygens (including phenoxy) is 1. The molecule has 1 aromatic rings. The van der Waals surface area contributed by atoms with Crippen LogP contribution >= 0.6 is 11.6 Å². The fraction of sp³-hybridized carbons (Fsp3) is 0.500. The van der Waals surface area contributed by atoms with E-state index >= 15 is 0 Å². The van der Waals surface area contributed by atoms with Gasteiger partial charge in [-0.3, -0.25) is 4.79 Å². The molecule has 0 saturated heterocycles. The lowest BCUT2D eigenvalue weighted by Crippen LogP contribution is -2.16. The van der Waals surface area contributed by atoms with Crippen LogP contribution in [0.3, 0.4) is 0 Å². The lowest BCUT2D eigenvalue weighted by Gasteiger charge is -2.24. The van der Waals surface area contributed by atoms with Crippen LogP contribution in [0.15, 0.2) is 12.1 Å². The fourth-order valence-electron chi connectivity index (χ4n) is 1.83. The Hall–Kier alpha value is -1.02. The number of hydrogen-bond donors (Lipinski definition) is 0. The number of benzene rings is 1. The Morgan fingerprint density at radius 2 is 1.94 bits per heavy atom. The van der Waals surface area contributed by atoms with Gasteiger partial charge in [-0.05, 0) is 24.0 Å². The van der Waals surface area contributed by atoms with E-state index in [1.165, 1.54) is 0 Å². The number of carbonyl (C=O) groups is 1. The summed E-state index contributed by atoms with van der Waals surface area (Å²) >= 11 is 5.63. The molecule has 0 amide bonds. The minimum Gasteiger partial charge on any atom is -0.496 e. The highest BCUT2D eigenvalue weighted by Crippen LogP contribution is 2.35. The molecule has 1 aromatic carbocycles. The highest BCUT2D eigenvalue weighted by molar-refractivity contribution is 6.30. The van der Waals surface area contributed by atoms with E-state index in [1.54, 1.807) is 7.11 Å². The second-order valence-electron chi connectivity index (χ2n) is 5.20. The van der Waals surface area contributed by atoms with Crippen LogP contribution in [-0.4, -0.2) is 18.8 Å². The molecule has 3 heteroatoms. The van der Waals surface area contributed by atoms with Gasteiger partial charge in [0.1, 0.15) is 5.75 Å². The largest absolute Gasteiger partial charge is 0.496 e. The fourth-order valence-corrected chi connectivity index (χ4v) is 1.97. The molecule has 0 aliphatic heterocycles. The molecule has 0 bridgehead atoms. The van der Waals surface area contributed by atoms with Gasteiger partial charge in [-0.2, -0.15) is 0 Å². The first kappa shape index (κ1) is 14.0. The zero-order chi connectivity index (χ0) is 13.2. The van der Waals surface area contributed by atoms with Crippen molar-refractivity contribution in [1.29, 1.82) is 0 Å². The summed E-state index contributed by atoms with van der Waals surface area (Å²) in [5.74, 6) is 0.523. The van der Waals surface area contributed by atoms with E-state index in [4.69, 9.17) is 16.3 Å². The monoisotopic (exact) mass is 254 g/mol. The summed E-state index contributed by atoms with van der Waals surface area (Å²) in [5, 5.41) is 0. The molecule has 0 atom stereocenters. The van der Waals surface area contributed by atoms with Crippen molar-refractivity contribution in [3.05, 3.63) is 28.8 Å². The van der Waals surface area contributed by atoms with Gasteiger partial charge in [0.25, 0.3) is 0 Å². The molecule has 1 rings (SSSR count). The van der Waals surface area contributed by atoms with Crippen molar-refractivity contribution >= 4 is 17.4 Å². The van der Waals surface area contributed by atoms with Gasteiger partial charge in [0.2, 0.25) is 0 Å². The Morgan fingerprint density at radius 3 is 2.35 bits per heavy atom. The zero-order valence-electron chi connectivity index (χ0n) is 11.1. The lowest BCUT2D eigenvalue weighted by atomic mass is 9.83. The standard InChI is InChI=1S/C14H19ClO2/c1-9-6-10(12(16)8-15)13(17-5)11(7-9)14(2,3)4/h6-7H,8H2,1-5H3. The smallest absolute Gasteiger partial charge is 0.181 e. The van der Waals surface area contributed by atoms with E-state index in [-0.39, 0.29) is 17.1 Å². The summed E-state index contributed by atoms with van der Waals surface area (Å²) in [5.41, 5.74) is 2.59. The number of Topliss-reactive ketones (excluding diaryl/α,β-unsaturated/α-hetero) is 1. The minimum absolute atomic E-state index is 0.0244. The van der Waals surface area contributed by atoms with Gasteiger partial charge in [-0.25, -0.2) is 0 Å². The topological polar surface area (TPSA) is 26.3 Å². The molecule has 0 saturated carbocycles. The molecular weight excluding hydrogens is 236 g/mol. The first-order valence-electron chi connectivity index (χ1n) is 5.59. The van der Waals surface area contributed by atoms with Crippen LogP contribution in [0.4, 0.5) is 0 Å². The molecule has 2 nitrogen and oxygen atoms in total. The lowest BCUT2D eigenvalue weighted by molar-refractivity contribution is 0.101. The number of methoxy groups -OCH3 is 1. The molecule has 0 heterocycles. The van der Waals surface area contributed by atoms with Gasteiger partial charge < -0.3 is 4.74 Å². The maximum absolute atomic E-state index is 11.8. The van der Waals surface area contributed by atoms with Gasteiger partial charge in [-0.15, -0.1) is 11.6 Å². The van der Waals surface area contributed by atoms with Crippen molar-refractivity contribution in [2.75, 3.05) is 13.0 Å². The third kappa shape index (κ3) is 3.01. The molecule has 0 fully saturated rings. The Labute approximate surface area is 108 Å². The van der Waals surface area contributed by atoms with Crippen molar-refractivity contribution in [3.8, 4) is 5.75 Å². The predicted octanol–water partition coefficient (Wildman–Crippen LogP) is 3.72. The third-order valence-electron chi connectivity index (χ3n) is 2.67. The van der Waals surface area contributed by atoms with Crippen molar-refractivity contribution in [3.63, 3.8) is 0 Å². The summed E-state index contributed by atoms with van der Waals surface area (Å²) in [6, 6.07) is 3.89. The highest BCUT2D eigenvalue weighted by Gasteiger charge is 2.23. The third-order valence-corrected chi connectivity index (χ3v) is 2.91. The first-order chi connectivity index (χ1) is 7.81. The average molecular weight is 255 g/mol. The number of rotatable bonds is 3. The molecular formula is C14H19ClO2. The second kappa shape index (κ2) is 5.09. The maximum atomic E-state index is 11.8. The number of aryl methyl sites for hydroxylation is 1. The minimum atomic E-state index is -0.0993. The summed E-state index contributed by atoms with van der Waals surface area (Å²) < 4.78 is 5.40. The zero-order valence-corrected chi connectivity index (χ0v) is 11.8. The number of alkyl halides is 1. The molecule has 0 radical (unpaired) electrons. The molecule has 94 valence electrons. The van der Waals surface area contributed by atoms with Crippen LogP contribution < -0.4 is 4.74 Å². The molecule has 0 aliphatic carbocycles. The van der Waals surface area contributed by atoms with Gasteiger partial charge in [0.05, 0.1) is 18.6 Å². The van der Waals surface area contributed by atoms with E-state index in [9.17, 15) is 4.79 Å². The quantitative estimate of drug-likeness (QED) is 0.607. The van der Waals surface area contributed by atoms with Crippen LogP contribution in [0.25, 0.3) is 0 Å².